The Morgan fingerprint density at radius 1 is 1.00 bits per heavy atom. The summed E-state index contributed by atoms with van der Waals surface area (Å²) >= 11 is 0. The molecule has 1 nitrogen and oxygen atoms in total. The van der Waals surface area contributed by atoms with Gasteiger partial charge >= 0.3 is 0 Å². The molecule has 11 heavy (non-hydrogen) atoms. The fourth-order valence-electron chi connectivity index (χ4n) is 0.984. The number of hydrogen-bond acceptors (Lipinski definition) is 1. The third-order valence-electron chi connectivity index (χ3n) is 1.64. The van der Waals surface area contributed by atoms with E-state index in [9.17, 15) is 0 Å². The Hall–Kier alpha value is -0.220. The first-order valence-electron chi connectivity index (χ1n) is 4.28. The molecule has 0 aliphatic heterocycles. The van der Waals surface area contributed by atoms with E-state index in [1.807, 2.05) is 0 Å². The maximum absolute atomic E-state index is 8.22. The van der Waals surface area contributed by atoms with E-state index in [4.69, 9.17) is 5.26 Å². The second-order valence-corrected chi connectivity index (χ2v) is 2.68. The molecule has 66 valence electrons. The van der Waals surface area contributed by atoms with Crippen molar-refractivity contribution in [2.75, 3.05) is 0 Å². The van der Waals surface area contributed by atoms with Crippen molar-refractivity contribution in [3.8, 4) is 6.07 Å². The van der Waals surface area contributed by atoms with Crippen LogP contribution in [0.5, 0.6) is 0 Å². The molecule has 0 aromatic rings. The van der Waals surface area contributed by atoms with Gasteiger partial charge in [-0.2, -0.15) is 5.26 Å². The van der Waals surface area contributed by atoms with E-state index in [-0.39, 0.29) is 12.4 Å². The molecular weight excluding hydrogens is 158 g/mol. The summed E-state index contributed by atoms with van der Waals surface area (Å²) in [5, 5.41) is 8.22. The molecule has 0 aromatic heterocycles. The lowest BCUT2D eigenvalue weighted by Gasteiger charge is -1.95. The van der Waals surface area contributed by atoms with Crippen LogP contribution in [-0.2, 0) is 0 Å². The lowest BCUT2D eigenvalue weighted by molar-refractivity contribution is 0.613. The van der Waals surface area contributed by atoms with E-state index < -0.39 is 0 Å². The van der Waals surface area contributed by atoms with Crippen LogP contribution in [0, 0.1) is 11.3 Å². The topological polar surface area (TPSA) is 23.8 Å². The lowest BCUT2D eigenvalue weighted by Crippen LogP contribution is -1.77. The quantitative estimate of drug-likeness (QED) is 0.565. The zero-order chi connectivity index (χ0) is 7.66. The van der Waals surface area contributed by atoms with Crippen LogP contribution in [0.3, 0.4) is 0 Å². The van der Waals surface area contributed by atoms with Crippen molar-refractivity contribution in [1.29, 1.82) is 5.26 Å². The molecule has 0 heterocycles. The molecule has 0 amide bonds. The molecule has 0 aliphatic carbocycles. The summed E-state index contributed by atoms with van der Waals surface area (Å²) in [5.74, 6) is 0. The van der Waals surface area contributed by atoms with E-state index >= 15 is 0 Å². The molecule has 0 aromatic carbocycles. The highest BCUT2D eigenvalue weighted by molar-refractivity contribution is 5.85. The van der Waals surface area contributed by atoms with Crippen molar-refractivity contribution in [3.05, 3.63) is 0 Å². The van der Waals surface area contributed by atoms with Gasteiger partial charge in [-0.15, -0.1) is 12.4 Å². The van der Waals surface area contributed by atoms with Crippen LogP contribution < -0.4 is 0 Å². The fourth-order valence-corrected chi connectivity index (χ4v) is 0.984. The first-order chi connectivity index (χ1) is 4.91. The standard InChI is InChI=1S/C9H17N.ClH/c1-2-3-4-5-6-7-8-9-10;/h2-8H2,1H3;1H. The highest BCUT2D eigenvalue weighted by atomic mass is 35.5. The maximum Gasteiger partial charge on any atom is 0.0621 e. The van der Waals surface area contributed by atoms with Gasteiger partial charge in [0.15, 0.2) is 0 Å². The Morgan fingerprint density at radius 2 is 1.55 bits per heavy atom. The van der Waals surface area contributed by atoms with E-state index in [1.54, 1.807) is 0 Å². The molecule has 0 fully saturated rings. The van der Waals surface area contributed by atoms with Crippen molar-refractivity contribution in [3.63, 3.8) is 0 Å². The second-order valence-electron chi connectivity index (χ2n) is 2.68. The molecule has 0 aliphatic rings. The Kier molecular flexibility index (Phi) is 15.1. The minimum Gasteiger partial charge on any atom is -0.198 e. The molecule has 0 unspecified atom stereocenters. The van der Waals surface area contributed by atoms with Gasteiger partial charge in [-0.05, 0) is 6.42 Å². The van der Waals surface area contributed by atoms with E-state index in [0.29, 0.717) is 0 Å². The zero-order valence-electron chi connectivity index (χ0n) is 7.31. The van der Waals surface area contributed by atoms with Gasteiger partial charge in [0.1, 0.15) is 0 Å². The summed E-state index contributed by atoms with van der Waals surface area (Å²) < 4.78 is 0. The SMILES string of the molecule is CCCCCCCCC#N.Cl. The molecular formula is C9H18ClN. The summed E-state index contributed by atoms with van der Waals surface area (Å²) in [6.45, 7) is 2.22. The minimum absolute atomic E-state index is 0. The Morgan fingerprint density at radius 3 is 2.09 bits per heavy atom. The highest BCUT2D eigenvalue weighted by Crippen LogP contribution is 2.05. The molecule has 0 atom stereocenters. The number of halogens is 1. The number of rotatable bonds is 6. The molecule has 0 saturated carbocycles. The van der Waals surface area contributed by atoms with Crippen LogP contribution >= 0.6 is 12.4 Å². The van der Waals surface area contributed by atoms with Crippen LogP contribution in [0.15, 0.2) is 0 Å². The summed E-state index contributed by atoms with van der Waals surface area (Å²) in [6.07, 6.45) is 8.40. The van der Waals surface area contributed by atoms with Crippen molar-refractivity contribution < 1.29 is 0 Å². The van der Waals surface area contributed by atoms with Gasteiger partial charge in [-0.1, -0.05) is 39.0 Å². The predicted octanol–water partition coefficient (Wildman–Crippen LogP) is 3.68. The second kappa shape index (κ2) is 12.5. The molecule has 0 spiro atoms. The van der Waals surface area contributed by atoms with Crippen LogP contribution in [0.25, 0.3) is 0 Å². The number of nitriles is 1. The molecule has 0 saturated heterocycles. The van der Waals surface area contributed by atoms with Crippen LogP contribution in [0.1, 0.15) is 51.9 Å². The molecule has 0 N–H and O–H groups in total. The van der Waals surface area contributed by atoms with Crippen LogP contribution in [0.2, 0.25) is 0 Å². The number of unbranched alkanes of at least 4 members (excludes halogenated alkanes) is 6. The van der Waals surface area contributed by atoms with Gasteiger partial charge < -0.3 is 0 Å². The number of nitrogens with zero attached hydrogens (tertiary/aromatic N) is 1. The average molecular weight is 176 g/mol. The van der Waals surface area contributed by atoms with Crippen LogP contribution in [0.4, 0.5) is 0 Å². The minimum atomic E-state index is 0. The van der Waals surface area contributed by atoms with Crippen molar-refractivity contribution >= 4 is 12.4 Å². The fraction of sp³-hybridized carbons (Fsp3) is 0.889. The van der Waals surface area contributed by atoms with Gasteiger partial charge in [0.05, 0.1) is 6.07 Å². The van der Waals surface area contributed by atoms with Crippen molar-refractivity contribution in [2.45, 2.75) is 51.9 Å². The van der Waals surface area contributed by atoms with E-state index in [1.165, 1.54) is 32.1 Å². The van der Waals surface area contributed by atoms with Gasteiger partial charge in [0.2, 0.25) is 0 Å². The number of hydrogen-bond donors (Lipinski definition) is 0. The largest absolute Gasteiger partial charge is 0.198 e. The normalized spacial score (nSPS) is 8.36. The van der Waals surface area contributed by atoms with Crippen molar-refractivity contribution in [1.82, 2.24) is 0 Å². The van der Waals surface area contributed by atoms with Crippen LogP contribution in [-0.4, -0.2) is 0 Å². The lowest BCUT2D eigenvalue weighted by atomic mass is 10.1. The van der Waals surface area contributed by atoms with E-state index in [0.717, 1.165) is 12.8 Å². The third-order valence-corrected chi connectivity index (χ3v) is 1.64. The molecule has 2 heteroatoms. The predicted molar refractivity (Wildman–Crippen MR) is 50.9 cm³/mol. The summed E-state index contributed by atoms with van der Waals surface area (Å²) in [7, 11) is 0. The third kappa shape index (κ3) is 12.9. The summed E-state index contributed by atoms with van der Waals surface area (Å²) in [6, 6.07) is 2.16. The van der Waals surface area contributed by atoms with Crippen molar-refractivity contribution in [2.24, 2.45) is 0 Å². The van der Waals surface area contributed by atoms with Gasteiger partial charge in [0, 0.05) is 6.42 Å². The summed E-state index contributed by atoms with van der Waals surface area (Å²) in [4.78, 5) is 0. The van der Waals surface area contributed by atoms with Gasteiger partial charge in [-0.3, -0.25) is 0 Å². The Balaban J connectivity index is 0. The average Bonchev–Trinajstić information content (AvgIpc) is 1.97. The smallest absolute Gasteiger partial charge is 0.0621 e. The summed E-state index contributed by atoms with van der Waals surface area (Å²) in [5.41, 5.74) is 0. The first kappa shape index (κ1) is 13.4. The first-order valence-corrected chi connectivity index (χ1v) is 4.28. The maximum atomic E-state index is 8.22. The Bertz CT molecular complexity index is 96.2. The monoisotopic (exact) mass is 175 g/mol. The van der Waals surface area contributed by atoms with Gasteiger partial charge in [-0.25, -0.2) is 0 Å². The highest BCUT2D eigenvalue weighted by Gasteiger charge is 1.87. The van der Waals surface area contributed by atoms with E-state index in [2.05, 4.69) is 13.0 Å². The zero-order valence-corrected chi connectivity index (χ0v) is 8.12. The Labute approximate surface area is 76.2 Å². The van der Waals surface area contributed by atoms with Gasteiger partial charge in [0.25, 0.3) is 0 Å². The molecule has 0 radical (unpaired) electrons. The molecule has 0 bridgehead atoms. The molecule has 0 rings (SSSR count).